The van der Waals surface area contributed by atoms with Crippen LogP contribution in [0.15, 0.2) is 12.3 Å². The zero-order chi connectivity index (χ0) is 13.2. The van der Waals surface area contributed by atoms with Gasteiger partial charge in [0.25, 0.3) is 5.91 Å². The first-order chi connectivity index (χ1) is 8.56. The fourth-order valence-electron chi connectivity index (χ4n) is 1.84. The third-order valence-electron chi connectivity index (χ3n) is 3.28. The highest BCUT2D eigenvalue weighted by Gasteiger charge is 2.41. The lowest BCUT2D eigenvalue weighted by Crippen LogP contribution is -2.30. The van der Waals surface area contributed by atoms with Crippen molar-refractivity contribution in [1.29, 1.82) is 0 Å². The van der Waals surface area contributed by atoms with E-state index in [-0.39, 0.29) is 28.1 Å². The molecule has 1 amide bonds. The number of aromatic nitrogens is 1. The Morgan fingerprint density at radius 3 is 2.78 bits per heavy atom. The maximum Gasteiger partial charge on any atom is 0.252 e. The van der Waals surface area contributed by atoms with Crippen molar-refractivity contribution in [1.82, 2.24) is 10.3 Å². The summed E-state index contributed by atoms with van der Waals surface area (Å²) in [5.74, 6) is -0.217. The van der Waals surface area contributed by atoms with E-state index in [1.54, 1.807) is 0 Å². The third-order valence-corrected chi connectivity index (χ3v) is 3.97. The Hall–Kier alpha value is -0.840. The molecule has 0 saturated heterocycles. The Labute approximate surface area is 115 Å². The van der Waals surface area contributed by atoms with Crippen molar-refractivity contribution in [2.24, 2.45) is 5.41 Å². The number of carbonyl (C=O) groups excluding carboxylic acids is 1. The molecule has 4 nitrogen and oxygen atoms in total. The van der Waals surface area contributed by atoms with E-state index in [1.165, 1.54) is 12.3 Å². The van der Waals surface area contributed by atoms with E-state index in [4.69, 9.17) is 28.3 Å². The average Bonchev–Trinajstić information content (AvgIpc) is 3.11. The summed E-state index contributed by atoms with van der Waals surface area (Å²) in [5.41, 5.74) is 0.484. The van der Waals surface area contributed by atoms with E-state index in [9.17, 15) is 4.79 Å². The molecule has 0 spiro atoms. The van der Waals surface area contributed by atoms with Gasteiger partial charge < -0.3 is 10.4 Å². The van der Waals surface area contributed by atoms with Crippen LogP contribution >= 0.6 is 23.2 Å². The molecular weight excluding hydrogens is 275 g/mol. The Morgan fingerprint density at radius 2 is 2.22 bits per heavy atom. The van der Waals surface area contributed by atoms with Gasteiger partial charge in [-0.3, -0.25) is 4.79 Å². The highest BCUT2D eigenvalue weighted by atomic mass is 35.5. The van der Waals surface area contributed by atoms with Crippen molar-refractivity contribution >= 4 is 29.1 Å². The lowest BCUT2D eigenvalue weighted by Gasteiger charge is -2.14. The molecule has 98 valence electrons. The Balaban J connectivity index is 1.93. The van der Waals surface area contributed by atoms with E-state index in [0.29, 0.717) is 12.1 Å². The molecule has 2 rings (SSSR count). The fourth-order valence-corrected chi connectivity index (χ4v) is 2.11. The van der Waals surface area contributed by atoms with Crippen molar-refractivity contribution < 1.29 is 9.90 Å². The minimum atomic E-state index is -0.217. The number of carbonyl (C=O) groups is 1. The molecular formula is C12H14Cl2N2O2. The largest absolute Gasteiger partial charge is 0.396 e. The minimum absolute atomic E-state index is 0.0913. The van der Waals surface area contributed by atoms with Gasteiger partial charge in [-0.05, 0) is 30.7 Å². The molecule has 0 aliphatic heterocycles. The van der Waals surface area contributed by atoms with Crippen LogP contribution in [-0.2, 0) is 0 Å². The van der Waals surface area contributed by atoms with Gasteiger partial charge in [0.2, 0.25) is 0 Å². The van der Waals surface area contributed by atoms with Crippen molar-refractivity contribution in [3.8, 4) is 0 Å². The molecule has 1 saturated carbocycles. The Morgan fingerprint density at radius 1 is 1.50 bits per heavy atom. The molecule has 18 heavy (non-hydrogen) atoms. The predicted octanol–water partition coefficient (Wildman–Crippen LogP) is 2.28. The van der Waals surface area contributed by atoms with Gasteiger partial charge in [0.1, 0.15) is 5.15 Å². The summed E-state index contributed by atoms with van der Waals surface area (Å²) in [6.45, 7) is 0.733. The van der Waals surface area contributed by atoms with Crippen molar-refractivity contribution in [2.45, 2.75) is 19.3 Å². The minimum Gasteiger partial charge on any atom is -0.396 e. The summed E-state index contributed by atoms with van der Waals surface area (Å²) in [4.78, 5) is 15.7. The number of hydrogen-bond donors (Lipinski definition) is 2. The molecule has 1 aliphatic carbocycles. The highest BCUT2D eigenvalue weighted by Crippen LogP contribution is 2.47. The molecule has 1 heterocycles. The van der Waals surface area contributed by atoms with E-state index in [2.05, 4.69) is 10.3 Å². The second-order valence-corrected chi connectivity index (χ2v) is 5.42. The summed E-state index contributed by atoms with van der Waals surface area (Å²) in [6, 6.07) is 1.50. The first kappa shape index (κ1) is 13.6. The molecule has 1 aromatic heterocycles. The standard InChI is InChI=1S/C12H14Cl2N2O2/c13-9-5-8(6-15-10(9)14)11(18)16-7-12(1-2-12)3-4-17/h5-6,17H,1-4,7H2,(H,16,18). The van der Waals surface area contributed by atoms with E-state index >= 15 is 0 Å². The van der Waals surface area contributed by atoms with Gasteiger partial charge in [0.15, 0.2) is 0 Å². The maximum atomic E-state index is 11.9. The van der Waals surface area contributed by atoms with Crippen LogP contribution in [0.25, 0.3) is 0 Å². The van der Waals surface area contributed by atoms with Crippen molar-refractivity contribution in [3.05, 3.63) is 28.0 Å². The smallest absolute Gasteiger partial charge is 0.252 e. The van der Waals surface area contributed by atoms with Crippen LogP contribution in [0.5, 0.6) is 0 Å². The van der Waals surface area contributed by atoms with E-state index < -0.39 is 0 Å². The van der Waals surface area contributed by atoms with Gasteiger partial charge in [-0.25, -0.2) is 4.98 Å². The zero-order valence-corrected chi connectivity index (χ0v) is 11.3. The lowest BCUT2D eigenvalue weighted by atomic mass is 10.0. The van der Waals surface area contributed by atoms with Crippen LogP contribution in [0.2, 0.25) is 10.2 Å². The second kappa shape index (κ2) is 5.43. The topological polar surface area (TPSA) is 62.2 Å². The molecule has 0 atom stereocenters. The highest BCUT2D eigenvalue weighted by molar-refractivity contribution is 6.41. The fraction of sp³-hybridized carbons (Fsp3) is 0.500. The van der Waals surface area contributed by atoms with Gasteiger partial charge in [-0.2, -0.15) is 0 Å². The number of rotatable bonds is 5. The van der Waals surface area contributed by atoms with Crippen LogP contribution in [0.1, 0.15) is 29.6 Å². The quantitative estimate of drug-likeness (QED) is 0.817. The van der Waals surface area contributed by atoms with E-state index in [1.807, 2.05) is 0 Å². The molecule has 1 aliphatic rings. The van der Waals surface area contributed by atoms with Crippen molar-refractivity contribution in [2.75, 3.05) is 13.2 Å². The van der Waals surface area contributed by atoms with Crippen molar-refractivity contribution in [3.63, 3.8) is 0 Å². The van der Waals surface area contributed by atoms with Gasteiger partial charge in [-0.15, -0.1) is 0 Å². The predicted molar refractivity (Wildman–Crippen MR) is 70.0 cm³/mol. The number of aliphatic hydroxyl groups excluding tert-OH is 1. The molecule has 0 aromatic carbocycles. The van der Waals surface area contributed by atoms with Gasteiger partial charge in [-0.1, -0.05) is 23.2 Å². The number of nitrogens with zero attached hydrogens (tertiary/aromatic N) is 1. The number of hydrogen-bond acceptors (Lipinski definition) is 3. The van der Waals surface area contributed by atoms with Crippen LogP contribution < -0.4 is 5.32 Å². The third kappa shape index (κ3) is 3.13. The SMILES string of the molecule is O=C(NCC1(CCO)CC1)c1cnc(Cl)c(Cl)c1. The van der Waals surface area contributed by atoms with Gasteiger partial charge in [0, 0.05) is 19.3 Å². The monoisotopic (exact) mass is 288 g/mol. The Kier molecular flexibility index (Phi) is 4.10. The molecule has 0 radical (unpaired) electrons. The molecule has 1 fully saturated rings. The molecule has 2 N–H and O–H groups in total. The number of amides is 1. The number of halogens is 2. The van der Waals surface area contributed by atoms with Crippen LogP contribution in [0.4, 0.5) is 0 Å². The number of aliphatic hydroxyl groups is 1. The lowest BCUT2D eigenvalue weighted by molar-refractivity contribution is 0.0940. The Bertz CT molecular complexity index is 461. The summed E-state index contributed by atoms with van der Waals surface area (Å²) >= 11 is 11.5. The molecule has 6 heteroatoms. The molecule has 1 aromatic rings. The average molecular weight is 289 g/mol. The summed E-state index contributed by atoms with van der Waals surface area (Å²) in [6.07, 6.45) is 4.23. The van der Waals surface area contributed by atoms with Crippen LogP contribution in [-0.4, -0.2) is 29.1 Å². The van der Waals surface area contributed by atoms with Crippen LogP contribution in [0.3, 0.4) is 0 Å². The number of nitrogens with one attached hydrogen (secondary N) is 1. The molecule has 0 unspecified atom stereocenters. The summed E-state index contributed by atoms with van der Waals surface area (Å²) in [7, 11) is 0. The second-order valence-electron chi connectivity index (χ2n) is 4.65. The first-order valence-electron chi connectivity index (χ1n) is 5.76. The van der Waals surface area contributed by atoms with Gasteiger partial charge in [0.05, 0.1) is 10.6 Å². The zero-order valence-electron chi connectivity index (χ0n) is 9.75. The van der Waals surface area contributed by atoms with Crippen LogP contribution in [0, 0.1) is 5.41 Å². The normalized spacial score (nSPS) is 16.4. The molecule has 0 bridgehead atoms. The summed E-state index contributed by atoms with van der Waals surface area (Å²) < 4.78 is 0. The summed E-state index contributed by atoms with van der Waals surface area (Å²) in [5, 5.41) is 12.2. The first-order valence-corrected chi connectivity index (χ1v) is 6.52. The van der Waals surface area contributed by atoms with E-state index in [0.717, 1.165) is 19.3 Å². The van der Waals surface area contributed by atoms with Gasteiger partial charge >= 0.3 is 0 Å². The number of pyridine rings is 1. The maximum absolute atomic E-state index is 11.9.